The van der Waals surface area contributed by atoms with Crippen molar-refractivity contribution >= 4 is 0 Å². The lowest BCUT2D eigenvalue weighted by Gasteiger charge is -2.25. The van der Waals surface area contributed by atoms with Gasteiger partial charge in [-0.2, -0.15) is 5.10 Å². The van der Waals surface area contributed by atoms with Crippen LogP contribution in [0.15, 0.2) is 54.6 Å². The Bertz CT molecular complexity index is 1010. The third-order valence-electron chi connectivity index (χ3n) is 5.75. The molecular formula is C28H39N3O4. The second-order valence-corrected chi connectivity index (χ2v) is 8.71. The molecule has 0 aliphatic carbocycles. The maximum Gasteiger partial charge on any atom is 0.227 e. The molecule has 0 fully saturated rings. The lowest BCUT2D eigenvalue weighted by molar-refractivity contribution is 0.0143. The summed E-state index contributed by atoms with van der Waals surface area (Å²) in [6, 6.07) is 17.5. The van der Waals surface area contributed by atoms with Gasteiger partial charge in [0, 0.05) is 19.7 Å². The molecule has 1 N–H and O–H groups in total. The molecule has 1 aromatic heterocycles. The first kappa shape index (κ1) is 26.7. The van der Waals surface area contributed by atoms with E-state index < -0.39 is 6.10 Å². The molecule has 7 nitrogen and oxygen atoms in total. The van der Waals surface area contributed by atoms with E-state index in [0.717, 1.165) is 48.5 Å². The van der Waals surface area contributed by atoms with Crippen LogP contribution in [0.3, 0.4) is 0 Å². The van der Waals surface area contributed by atoms with E-state index in [-0.39, 0.29) is 0 Å². The van der Waals surface area contributed by atoms with Gasteiger partial charge in [-0.15, -0.1) is 0 Å². The van der Waals surface area contributed by atoms with E-state index >= 15 is 0 Å². The second-order valence-electron chi connectivity index (χ2n) is 8.71. The fourth-order valence-electron chi connectivity index (χ4n) is 3.92. The van der Waals surface area contributed by atoms with E-state index in [9.17, 15) is 5.11 Å². The fraction of sp³-hybridized carbons (Fsp3) is 0.464. The van der Waals surface area contributed by atoms with Crippen LogP contribution in [-0.4, -0.2) is 59.3 Å². The van der Waals surface area contributed by atoms with Gasteiger partial charge in [-0.3, -0.25) is 4.90 Å². The molecule has 0 aliphatic heterocycles. The molecule has 0 saturated heterocycles. The zero-order valence-electron chi connectivity index (χ0n) is 21.4. The van der Waals surface area contributed by atoms with E-state index in [1.165, 1.54) is 0 Å². The number of aryl methyl sites for hydroxylation is 1. The van der Waals surface area contributed by atoms with Crippen molar-refractivity contribution in [3.63, 3.8) is 0 Å². The smallest absolute Gasteiger partial charge is 0.227 e. The van der Waals surface area contributed by atoms with Crippen LogP contribution in [0.25, 0.3) is 5.69 Å². The summed E-state index contributed by atoms with van der Waals surface area (Å²) < 4.78 is 19.2. The molecule has 0 amide bonds. The molecule has 0 saturated carbocycles. The normalized spacial score (nSPS) is 12.2. The largest absolute Gasteiger partial charge is 0.497 e. The number of rotatable bonds is 15. The Morgan fingerprint density at radius 2 is 1.71 bits per heavy atom. The zero-order valence-corrected chi connectivity index (χ0v) is 21.4. The molecule has 0 unspecified atom stereocenters. The Morgan fingerprint density at radius 3 is 2.37 bits per heavy atom. The highest BCUT2D eigenvalue weighted by Gasteiger charge is 2.22. The third kappa shape index (κ3) is 7.82. The molecule has 2 aromatic carbocycles. The lowest BCUT2D eigenvalue weighted by atomic mass is 10.2. The molecule has 3 rings (SSSR count). The van der Waals surface area contributed by atoms with Gasteiger partial charge >= 0.3 is 0 Å². The number of benzene rings is 2. The highest BCUT2D eigenvalue weighted by molar-refractivity contribution is 5.44. The van der Waals surface area contributed by atoms with E-state index in [1.807, 2.05) is 66.2 Å². The van der Waals surface area contributed by atoms with Gasteiger partial charge in [0.15, 0.2) is 0 Å². The lowest BCUT2D eigenvalue weighted by Crippen LogP contribution is -2.35. The summed E-state index contributed by atoms with van der Waals surface area (Å²) in [7, 11) is 1.65. The summed E-state index contributed by atoms with van der Waals surface area (Å²) in [5.41, 5.74) is 2.82. The number of aromatic nitrogens is 2. The summed E-state index contributed by atoms with van der Waals surface area (Å²) in [5.74, 6) is 2.15. The summed E-state index contributed by atoms with van der Waals surface area (Å²) >= 11 is 0. The minimum Gasteiger partial charge on any atom is -0.497 e. The van der Waals surface area contributed by atoms with E-state index in [0.29, 0.717) is 37.9 Å². The minimum atomic E-state index is -0.547. The fourth-order valence-corrected chi connectivity index (χ4v) is 3.92. The average molecular weight is 482 g/mol. The summed E-state index contributed by atoms with van der Waals surface area (Å²) in [4.78, 5) is 2.24. The molecule has 1 heterocycles. The highest BCUT2D eigenvalue weighted by atomic mass is 16.5. The van der Waals surface area contributed by atoms with Crippen LogP contribution in [0.2, 0.25) is 0 Å². The van der Waals surface area contributed by atoms with Crippen LogP contribution >= 0.6 is 0 Å². The Labute approximate surface area is 209 Å². The van der Waals surface area contributed by atoms with Crippen molar-refractivity contribution in [2.75, 3.05) is 33.4 Å². The second kappa shape index (κ2) is 13.9. The minimum absolute atomic E-state index is 0.345. The van der Waals surface area contributed by atoms with Gasteiger partial charge in [0.05, 0.1) is 36.8 Å². The van der Waals surface area contributed by atoms with Crippen LogP contribution in [0, 0.1) is 6.92 Å². The SMILES string of the molecule is CCCCOC[C@@H](O)CN(CCC)Cc1c(C)nn(-c2ccccc2)c1Oc1ccc(OC)cc1. The number of hydrogen-bond acceptors (Lipinski definition) is 6. The number of aliphatic hydroxyl groups is 1. The predicted molar refractivity (Wildman–Crippen MR) is 139 cm³/mol. The third-order valence-corrected chi connectivity index (χ3v) is 5.75. The average Bonchev–Trinajstić information content (AvgIpc) is 3.17. The van der Waals surface area contributed by atoms with Crippen LogP contribution in [0.1, 0.15) is 44.4 Å². The Hall–Kier alpha value is -2.87. The predicted octanol–water partition coefficient (Wildman–Crippen LogP) is 5.37. The number of hydrogen-bond donors (Lipinski definition) is 1. The van der Waals surface area contributed by atoms with Gasteiger partial charge in [0.25, 0.3) is 0 Å². The van der Waals surface area contributed by atoms with Crippen LogP contribution in [-0.2, 0) is 11.3 Å². The number of para-hydroxylation sites is 1. The van der Waals surface area contributed by atoms with Crippen LogP contribution < -0.4 is 9.47 Å². The first-order valence-electron chi connectivity index (χ1n) is 12.5. The van der Waals surface area contributed by atoms with Crippen LogP contribution in [0.4, 0.5) is 0 Å². The topological polar surface area (TPSA) is 69.0 Å². The molecule has 3 aromatic rings. The van der Waals surface area contributed by atoms with Crippen molar-refractivity contribution < 1.29 is 19.3 Å². The van der Waals surface area contributed by atoms with Crippen molar-refractivity contribution in [2.45, 2.75) is 52.7 Å². The maximum atomic E-state index is 10.6. The quantitative estimate of drug-likeness (QED) is 0.294. The van der Waals surface area contributed by atoms with Crippen molar-refractivity contribution in [3.8, 4) is 23.1 Å². The molecule has 0 spiro atoms. The number of methoxy groups -OCH3 is 1. The molecular weight excluding hydrogens is 442 g/mol. The summed E-state index contributed by atoms with van der Waals surface area (Å²) in [6.45, 7) is 9.30. The van der Waals surface area contributed by atoms with E-state index in [2.05, 4.69) is 18.7 Å². The van der Waals surface area contributed by atoms with Crippen molar-refractivity contribution in [1.82, 2.24) is 14.7 Å². The van der Waals surface area contributed by atoms with Crippen molar-refractivity contribution in [3.05, 3.63) is 65.9 Å². The first-order chi connectivity index (χ1) is 17.0. The van der Waals surface area contributed by atoms with Crippen molar-refractivity contribution in [2.24, 2.45) is 0 Å². The molecule has 0 aliphatic rings. The highest BCUT2D eigenvalue weighted by Crippen LogP contribution is 2.32. The van der Waals surface area contributed by atoms with Crippen LogP contribution in [0.5, 0.6) is 17.4 Å². The molecule has 0 radical (unpaired) electrons. The molecule has 0 bridgehead atoms. The Balaban J connectivity index is 1.86. The summed E-state index contributed by atoms with van der Waals surface area (Å²) in [6.07, 6.45) is 2.52. The molecule has 1 atom stereocenters. The van der Waals surface area contributed by atoms with E-state index in [4.69, 9.17) is 19.3 Å². The van der Waals surface area contributed by atoms with Gasteiger partial charge in [0.1, 0.15) is 11.5 Å². The summed E-state index contributed by atoms with van der Waals surface area (Å²) in [5, 5.41) is 15.4. The Kier molecular flexibility index (Phi) is 10.6. The molecule has 190 valence electrons. The number of aliphatic hydroxyl groups excluding tert-OH is 1. The number of nitrogens with zero attached hydrogens (tertiary/aromatic N) is 3. The van der Waals surface area contributed by atoms with E-state index in [1.54, 1.807) is 7.11 Å². The first-order valence-corrected chi connectivity index (χ1v) is 12.5. The monoisotopic (exact) mass is 481 g/mol. The van der Waals surface area contributed by atoms with Gasteiger partial charge in [0.2, 0.25) is 5.88 Å². The number of ether oxygens (including phenoxy) is 3. The van der Waals surface area contributed by atoms with Gasteiger partial charge in [-0.1, -0.05) is 38.5 Å². The Morgan fingerprint density at radius 1 is 1.00 bits per heavy atom. The standard InChI is InChI=1S/C28H39N3O4/c1-5-7-18-34-21-24(32)19-30(17-6-2)20-27-22(3)29-31(23-11-9-8-10-12-23)28(27)35-26-15-13-25(33-4)14-16-26/h8-16,24,32H,5-7,17-21H2,1-4H3/t24-/m0/s1. The van der Waals surface area contributed by atoms with Gasteiger partial charge in [-0.25, -0.2) is 4.68 Å². The van der Waals surface area contributed by atoms with Crippen molar-refractivity contribution in [1.29, 1.82) is 0 Å². The molecule has 35 heavy (non-hydrogen) atoms. The zero-order chi connectivity index (χ0) is 25.0. The number of unbranched alkanes of at least 4 members (excludes halogenated alkanes) is 1. The van der Waals surface area contributed by atoms with Gasteiger partial charge in [-0.05, 0) is 62.7 Å². The maximum absolute atomic E-state index is 10.6. The van der Waals surface area contributed by atoms with Gasteiger partial charge < -0.3 is 19.3 Å². The molecule has 7 heteroatoms.